The van der Waals surface area contributed by atoms with Gasteiger partial charge in [-0.15, -0.1) is 0 Å². The molecule has 0 bridgehead atoms. The van der Waals surface area contributed by atoms with Gasteiger partial charge in [0.1, 0.15) is 0 Å². The molecule has 0 saturated carbocycles. The molecule has 4 aromatic rings. The van der Waals surface area contributed by atoms with Gasteiger partial charge in [0, 0.05) is 6.16 Å². The van der Waals surface area contributed by atoms with Gasteiger partial charge in [0.25, 0.3) is 0 Å². The maximum absolute atomic E-state index is 9.75. The monoisotopic (exact) mass is 541 g/mol. The van der Waals surface area contributed by atoms with Crippen molar-refractivity contribution in [2.75, 3.05) is 0 Å². The molecule has 4 aromatic carbocycles. The fraction of sp³-hybridized carbons (Fsp3) is 0.0400. The summed E-state index contributed by atoms with van der Waals surface area (Å²) in [5, 5.41) is 2.88. The van der Waals surface area contributed by atoms with Gasteiger partial charge in [-0.25, -0.2) is 12.1 Å². The van der Waals surface area contributed by atoms with Gasteiger partial charge >= 0.3 is 35.6 Å². The molecule has 0 fully saturated rings. The van der Waals surface area contributed by atoms with E-state index in [-0.39, 0.29) is 25.0 Å². The van der Waals surface area contributed by atoms with Crippen molar-refractivity contribution in [3.05, 3.63) is 144 Å². The Hall–Kier alpha value is -2.92. The topological polar surface area (TPSA) is 59.3 Å². The summed E-state index contributed by atoms with van der Waals surface area (Å²) < 4.78 is 46.5. The van der Waals surface area contributed by atoms with E-state index in [2.05, 4.69) is 97.6 Å². The van der Waals surface area contributed by atoms with Crippen LogP contribution in [0.25, 0.3) is 5.59 Å². The summed E-state index contributed by atoms with van der Waals surface area (Å²) in [5.74, 6) is 0. The predicted octanol–water partition coefficient (Wildman–Crippen LogP) is 7.31. The van der Waals surface area contributed by atoms with Crippen molar-refractivity contribution in [3.63, 3.8) is 0 Å². The molecule has 0 radical (unpaired) electrons. The molecule has 0 aliphatic rings. The summed E-state index contributed by atoms with van der Waals surface area (Å²) in [7, 11) is -6.33. The Morgan fingerprint density at radius 3 is 1.29 bits per heavy atom. The van der Waals surface area contributed by atoms with Crippen LogP contribution in [0.4, 0.5) is 17.3 Å². The minimum absolute atomic E-state index is 0. The molecular formula is C25H22BF4MnNO2P. The molecular weight excluding hydrogens is 519 g/mol. The summed E-state index contributed by atoms with van der Waals surface area (Å²) in [4.78, 5) is 7.25. The molecule has 0 unspecified atom stereocenters. The second-order valence-corrected chi connectivity index (χ2v) is 8.41. The van der Waals surface area contributed by atoms with E-state index in [4.69, 9.17) is 15.2 Å². The van der Waals surface area contributed by atoms with Gasteiger partial charge in [0.15, 0.2) is 0 Å². The molecule has 0 aliphatic carbocycles. The molecule has 0 atom stereocenters. The molecule has 0 amide bonds. The molecule has 0 aromatic heterocycles. The van der Waals surface area contributed by atoms with Gasteiger partial charge in [0.2, 0.25) is 0 Å². The van der Waals surface area contributed by atoms with Gasteiger partial charge in [0.05, 0.1) is 0 Å². The fourth-order valence-corrected chi connectivity index (χ4v) is 4.94. The first-order chi connectivity index (χ1) is 16.4. The van der Waals surface area contributed by atoms with Crippen molar-refractivity contribution in [3.8, 4) is 0 Å². The van der Waals surface area contributed by atoms with E-state index in [9.17, 15) is 17.3 Å². The van der Waals surface area contributed by atoms with E-state index in [1.165, 1.54) is 16.2 Å². The van der Waals surface area contributed by atoms with Crippen LogP contribution in [0.15, 0.2) is 121 Å². The second kappa shape index (κ2) is 21.6. The molecule has 0 aliphatic heterocycles. The van der Waals surface area contributed by atoms with Crippen LogP contribution in [-0.4, -0.2) is 7.25 Å². The Balaban J connectivity index is 0. The minimum atomic E-state index is -6.00. The van der Waals surface area contributed by atoms with Gasteiger partial charge in [-0.1, -0.05) is 91.0 Å². The molecule has 10 heteroatoms. The molecule has 0 heterocycles. The molecule has 182 valence electrons. The maximum atomic E-state index is 9.75. The van der Waals surface area contributed by atoms with Crippen LogP contribution in [-0.2, 0) is 27.9 Å². The first-order valence-electron chi connectivity index (χ1n) is 9.78. The van der Waals surface area contributed by atoms with Crippen LogP contribution in [0.2, 0.25) is 0 Å². The van der Waals surface area contributed by atoms with Crippen LogP contribution >= 0.6 is 7.92 Å². The van der Waals surface area contributed by atoms with Crippen molar-refractivity contribution >= 4 is 25.8 Å². The van der Waals surface area contributed by atoms with E-state index >= 15 is 0 Å². The Labute approximate surface area is 214 Å². The number of hydrogen-bond acceptors (Lipinski definition) is 1. The smallest absolute Gasteiger partial charge is 0.577 e. The van der Waals surface area contributed by atoms with Crippen molar-refractivity contribution in [2.45, 2.75) is 6.16 Å². The molecule has 3 nitrogen and oxygen atoms in total. The molecule has 0 spiro atoms. The summed E-state index contributed by atoms with van der Waals surface area (Å²) in [6.45, 7) is 4.50. The van der Waals surface area contributed by atoms with Gasteiger partial charge in [-0.05, 0) is 24.1 Å². The van der Waals surface area contributed by atoms with Crippen LogP contribution in [0.1, 0.15) is 5.56 Å². The zero-order valence-corrected chi connectivity index (χ0v) is 20.5. The second-order valence-electron chi connectivity index (χ2n) is 6.20. The predicted molar refractivity (Wildman–Crippen MR) is 132 cm³/mol. The van der Waals surface area contributed by atoms with Crippen LogP contribution in [0, 0.1) is 11.6 Å². The average Bonchev–Trinajstić information content (AvgIpc) is 3.46. The summed E-state index contributed by atoms with van der Waals surface area (Å²) in [6.07, 6.45) is 1.10. The van der Waals surface area contributed by atoms with Crippen LogP contribution < -0.4 is 10.6 Å². The Kier molecular flexibility index (Phi) is 21.1. The third-order valence-corrected chi connectivity index (χ3v) is 6.40. The van der Waals surface area contributed by atoms with Crippen LogP contribution in [0.3, 0.4) is 0 Å². The fourth-order valence-electron chi connectivity index (χ4n) is 2.63. The summed E-state index contributed by atoms with van der Waals surface area (Å²) in [5.41, 5.74) is 7.16. The number of nitroso groups, excluding NO2 is 1. The van der Waals surface area contributed by atoms with E-state index in [1.54, 1.807) is 0 Å². The third-order valence-electron chi connectivity index (χ3n) is 3.87. The molecule has 35 heavy (non-hydrogen) atoms. The van der Waals surface area contributed by atoms with Crippen molar-refractivity contribution in [1.82, 2.24) is 0 Å². The number of hydrogen-bond donors (Lipinski definition) is 0. The van der Waals surface area contributed by atoms with Gasteiger partial charge in [-0.2, -0.15) is 18.2 Å². The largest absolute Gasteiger partial charge is 3.00 e. The molecule has 0 N–H and O–H groups in total. The van der Waals surface area contributed by atoms with Crippen LogP contribution in [0.5, 0.6) is 0 Å². The zero-order valence-electron chi connectivity index (χ0n) is 18.4. The van der Waals surface area contributed by atoms with Crippen molar-refractivity contribution < 1.29 is 39.0 Å². The Bertz CT molecular complexity index is 931. The quantitative estimate of drug-likeness (QED) is 0.0880. The number of nitrogens with zero attached hydrogens (tertiary/aromatic N) is 1. The number of rotatable bonds is 4. The first-order valence-corrected chi connectivity index (χ1v) is 11.3. The van der Waals surface area contributed by atoms with E-state index in [0.29, 0.717) is 0 Å². The maximum Gasteiger partial charge on any atom is 3.00 e. The van der Waals surface area contributed by atoms with E-state index in [0.717, 1.165) is 6.16 Å². The first kappa shape index (κ1) is 34.3. The number of benzene rings is 3. The normalized spacial score (nSPS) is 9.11. The average molecular weight is 541 g/mol. The van der Waals surface area contributed by atoms with E-state index in [1.807, 2.05) is 30.3 Å². The van der Waals surface area contributed by atoms with Crippen molar-refractivity contribution in [1.29, 1.82) is 0 Å². The van der Waals surface area contributed by atoms with Gasteiger partial charge in [-0.3, -0.25) is 0 Å². The zero-order chi connectivity index (χ0) is 25.7. The van der Waals surface area contributed by atoms with E-state index < -0.39 is 7.25 Å². The Morgan fingerprint density at radius 2 is 1.00 bits per heavy atom. The standard InChI is InChI=1S/C19H17P.C5H5.CO.BF4.Mn.NO/c1-4-10-17(11-5-1)16-20(18-12-6-2-7-13-18)19-14-8-3-9-15-19;1-2-4-5-3-1;1-2;2-1(3,4)5;;1-2/h1-15H,16H2;1-5H;;;;/q;-1;;-1;+3;-1. The third kappa shape index (κ3) is 18.1. The molecule has 0 saturated heterocycles. The summed E-state index contributed by atoms with van der Waals surface area (Å²) in [6, 6.07) is 42.5. The molecule has 4 rings (SSSR count). The SMILES string of the molecule is F[B-](F)(F)F.[C-]#[O+].[Mn+3].[N-]=O.c1cc[cH-]c1.c1ccc(CP(c2ccccc2)c2ccccc2)cc1. The van der Waals surface area contributed by atoms with Gasteiger partial charge < -0.3 is 27.8 Å². The minimum Gasteiger partial charge on any atom is -0.577 e. The summed E-state index contributed by atoms with van der Waals surface area (Å²) >= 11 is 0. The van der Waals surface area contributed by atoms with Crippen molar-refractivity contribution in [2.24, 2.45) is 0 Å². The Morgan fingerprint density at radius 1 is 0.686 bits per heavy atom. The number of halogens is 4.